The van der Waals surface area contributed by atoms with E-state index in [9.17, 15) is 4.79 Å². The van der Waals surface area contributed by atoms with E-state index in [0.29, 0.717) is 11.6 Å². The molecule has 0 bridgehead atoms. The second kappa shape index (κ2) is 8.95. The molecule has 2 aromatic rings. The summed E-state index contributed by atoms with van der Waals surface area (Å²) in [6.45, 7) is 2.22. The number of halogens is 1. The Balaban J connectivity index is 1.69. The van der Waals surface area contributed by atoms with Crippen molar-refractivity contribution >= 4 is 33.9 Å². The Morgan fingerprint density at radius 3 is 2.42 bits per heavy atom. The smallest absolute Gasteiger partial charge is 0.363 e. The van der Waals surface area contributed by atoms with Gasteiger partial charge in [-0.15, -0.1) is 0 Å². The van der Waals surface area contributed by atoms with Crippen LogP contribution in [0.2, 0.25) is 0 Å². The van der Waals surface area contributed by atoms with Gasteiger partial charge >= 0.3 is 5.97 Å². The molecule has 1 heterocycles. The zero-order valence-corrected chi connectivity index (χ0v) is 16.5. The minimum absolute atomic E-state index is 0.325. The van der Waals surface area contributed by atoms with Crippen LogP contribution in [0.5, 0.6) is 0 Å². The van der Waals surface area contributed by atoms with Gasteiger partial charge in [-0.2, -0.15) is 0 Å². The van der Waals surface area contributed by atoms with E-state index in [2.05, 4.69) is 40.0 Å². The third-order valence-electron chi connectivity index (χ3n) is 4.31. The molecule has 0 saturated carbocycles. The van der Waals surface area contributed by atoms with E-state index >= 15 is 0 Å². The highest BCUT2D eigenvalue weighted by Crippen LogP contribution is 2.21. The van der Waals surface area contributed by atoms with Gasteiger partial charge in [0.2, 0.25) is 5.90 Å². The average Bonchev–Trinajstić information content (AvgIpc) is 3.02. The lowest BCUT2D eigenvalue weighted by Gasteiger charge is -2.03. The normalized spacial score (nSPS) is 15.2. The van der Waals surface area contributed by atoms with Crippen LogP contribution in [0.15, 0.2) is 63.7 Å². The predicted octanol–water partition coefficient (Wildman–Crippen LogP) is 5.92. The Labute approximate surface area is 162 Å². The van der Waals surface area contributed by atoms with Crippen LogP contribution in [0.1, 0.15) is 49.3 Å². The first kappa shape index (κ1) is 18.6. The zero-order valence-electron chi connectivity index (χ0n) is 14.9. The molecular weight excluding hydrogens is 390 g/mol. The molecule has 134 valence electrons. The summed E-state index contributed by atoms with van der Waals surface area (Å²) < 4.78 is 6.34. The number of esters is 1. The lowest BCUT2D eigenvalue weighted by Crippen LogP contribution is -2.05. The van der Waals surface area contributed by atoms with Crippen molar-refractivity contribution in [1.29, 1.82) is 0 Å². The number of nitrogens with zero attached hydrogens (tertiary/aromatic N) is 1. The molecule has 1 aliphatic heterocycles. The molecule has 3 rings (SSSR count). The number of cyclic esters (lactones) is 1. The van der Waals surface area contributed by atoms with E-state index < -0.39 is 5.97 Å². The number of benzene rings is 2. The first-order valence-electron chi connectivity index (χ1n) is 9.03. The molecular formula is C22H22BrNO2. The number of ether oxygens (including phenoxy) is 1. The standard InChI is InChI=1S/C22H22BrNO2/c1-2-3-4-5-6-16-7-11-18(12-8-16)21-24-20(22(25)26-21)15-17-9-13-19(23)14-10-17/h7-15H,2-6H2,1H3/b20-15-. The zero-order chi connectivity index (χ0) is 18.4. The molecule has 0 atom stereocenters. The molecule has 1 aliphatic rings. The molecule has 0 spiro atoms. The van der Waals surface area contributed by atoms with Gasteiger partial charge in [-0.3, -0.25) is 0 Å². The van der Waals surface area contributed by atoms with Crippen molar-refractivity contribution in [1.82, 2.24) is 0 Å². The number of unbranched alkanes of at least 4 members (excludes halogenated alkanes) is 3. The number of rotatable bonds is 7. The molecule has 3 nitrogen and oxygen atoms in total. The van der Waals surface area contributed by atoms with E-state index in [1.165, 1.54) is 31.2 Å². The molecule has 26 heavy (non-hydrogen) atoms. The van der Waals surface area contributed by atoms with Gasteiger partial charge < -0.3 is 4.74 Å². The van der Waals surface area contributed by atoms with Crippen LogP contribution in [-0.4, -0.2) is 11.9 Å². The lowest BCUT2D eigenvalue weighted by molar-refractivity contribution is -0.129. The largest absolute Gasteiger partial charge is 0.402 e. The number of hydrogen-bond acceptors (Lipinski definition) is 3. The fraction of sp³-hybridized carbons (Fsp3) is 0.273. The van der Waals surface area contributed by atoms with E-state index in [-0.39, 0.29) is 0 Å². The number of aryl methyl sites for hydroxylation is 1. The third kappa shape index (κ3) is 4.92. The van der Waals surface area contributed by atoms with Crippen LogP contribution in [0.4, 0.5) is 0 Å². The summed E-state index contributed by atoms with van der Waals surface area (Å²) in [5.74, 6) is -0.0394. The summed E-state index contributed by atoms with van der Waals surface area (Å²) in [6, 6.07) is 15.8. The molecule has 2 aromatic carbocycles. The maximum Gasteiger partial charge on any atom is 0.363 e. The van der Waals surface area contributed by atoms with E-state index in [0.717, 1.165) is 22.0 Å². The predicted molar refractivity (Wildman–Crippen MR) is 109 cm³/mol. The summed E-state index contributed by atoms with van der Waals surface area (Å²) in [4.78, 5) is 16.5. The highest BCUT2D eigenvalue weighted by atomic mass is 79.9. The summed E-state index contributed by atoms with van der Waals surface area (Å²) in [6.07, 6.45) is 7.85. The maximum atomic E-state index is 12.1. The van der Waals surface area contributed by atoms with Crippen LogP contribution in [0, 0.1) is 0 Å². The van der Waals surface area contributed by atoms with Gasteiger partial charge in [0.1, 0.15) is 0 Å². The highest BCUT2D eigenvalue weighted by molar-refractivity contribution is 9.10. The van der Waals surface area contributed by atoms with E-state index in [1.807, 2.05) is 36.4 Å². The minimum atomic E-state index is -0.411. The molecule has 4 heteroatoms. The van der Waals surface area contributed by atoms with Gasteiger partial charge in [0.05, 0.1) is 0 Å². The second-order valence-corrected chi connectivity index (χ2v) is 7.31. The van der Waals surface area contributed by atoms with Crippen molar-refractivity contribution in [2.75, 3.05) is 0 Å². The van der Waals surface area contributed by atoms with Crippen molar-refractivity contribution in [3.63, 3.8) is 0 Å². The molecule has 0 unspecified atom stereocenters. The highest BCUT2D eigenvalue weighted by Gasteiger charge is 2.24. The van der Waals surface area contributed by atoms with Crippen molar-refractivity contribution in [2.24, 2.45) is 4.99 Å². The fourth-order valence-electron chi connectivity index (χ4n) is 2.82. The Kier molecular flexibility index (Phi) is 6.40. The van der Waals surface area contributed by atoms with Crippen molar-refractivity contribution in [3.05, 3.63) is 75.4 Å². The van der Waals surface area contributed by atoms with E-state index in [4.69, 9.17) is 4.74 Å². The summed E-state index contributed by atoms with van der Waals surface area (Å²) >= 11 is 3.40. The number of hydrogen-bond donors (Lipinski definition) is 0. The van der Waals surface area contributed by atoms with Crippen LogP contribution < -0.4 is 0 Å². The lowest BCUT2D eigenvalue weighted by atomic mass is 10.0. The molecule has 0 N–H and O–H groups in total. The quantitative estimate of drug-likeness (QED) is 0.322. The molecule has 0 radical (unpaired) electrons. The molecule has 0 saturated heterocycles. The molecule has 0 aromatic heterocycles. The molecule has 0 amide bonds. The second-order valence-electron chi connectivity index (χ2n) is 6.40. The van der Waals surface area contributed by atoms with E-state index in [1.54, 1.807) is 6.08 Å². The number of carbonyl (C=O) groups is 1. The molecule has 0 fully saturated rings. The first-order chi connectivity index (χ1) is 12.7. The third-order valence-corrected chi connectivity index (χ3v) is 4.84. The van der Waals surface area contributed by atoms with Crippen LogP contribution in [0.3, 0.4) is 0 Å². The average molecular weight is 412 g/mol. The monoisotopic (exact) mass is 411 g/mol. The topological polar surface area (TPSA) is 38.7 Å². The van der Waals surface area contributed by atoms with Crippen molar-refractivity contribution in [3.8, 4) is 0 Å². The number of aliphatic imine (C=N–C) groups is 1. The Morgan fingerprint density at radius 1 is 1.00 bits per heavy atom. The Hall–Kier alpha value is -2.20. The summed E-state index contributed by atoms with van der Waals surface area (Å²) in [7, 11) is 0. The van der Waals surface area contributed by atoms with Crippen molar-refractivity contribution in [2.45, 2.75) is 39.0 Å². The summed E-state index contributed by atoms with van der Waals surface area (Å²) in [5, 5.41) is 0. The Morgan fingerprint density at radius 2 is 1.73 bits per heavy atom. The van der Waals surface area contributed by atoms with Gasteiger partial charge in [-0.05, 0) is 54.3 Å². The fourth-order valence-corrected chi connectivity index (χ4v) is 3.08. The van der Waals surface area contributed by atoms with Crippen molar-refractivity contribution < 1.29 is 9.53 Å². The summed E-state index contributed by atoms with van der Waals surface area (Å²) in [5.41, 5.74) is 3.37. The first-order valence-corrected chi connectivity index (χ1v) is 9.82. The van der Waals surface area contributed by atoms with Crippen LogP contribution in [-0.2, 0) is 16.0 Å². The van der Waals surface area contributed by atoms with Crippen LogP contribution in [0.25, 0.3) is 6.08 Å². The number of carbonyl (C=O) groups excluding carboxylic acids is 1. The van der Waals surface area contributed by atoms with Gasteiger partial charge in [-0.25, -0.2) is 9.79 Å². The van der Waals surface area contributed by atoms with Gasteiger partial charge in [0, 0.05) is 10.0 Å². The molecule has 0 aliphatic carbocycles. The minimum Gasteiger partial charge on any atom is -0.402 e. The Bertz CT molecular complexity index is 820. The maximum absolute atomic E-state index is 12.1. The SMILES string of the molecule is CCCCCCc1ccc(C2=N/C(=C\c3ccc(Br)cc3)C(=O)O2)cc1. The van der Waals surface area contributed by atoms with Gasteiger partial charge in [0.25, 0.3) is 0 Å². The van der Waals surface area contributed by atoms with Crippen LogP contribution >= 0.6 is 15.9 Å². The van der Waals surface area contributed by atoms with Gasteiger partial charge in [0.15, 0.2) is 5.70 Å². The van der Waals surface area contributed by atoms with Gasteiger partial charge in [-0.1, -0.05) is 66.4 Å².